The van der Waals surface area contributed by atoms with Crippen LogP contribution < -0.4 is 10.2 Å². The lowest BCUT2D eigenvalue weighted by atomic mass is 10.1. The van der Waals surface area contributed by atoms with Gasteiger partial charge in [0.1, 0.15) is 5.69 Å². The van der Waals surface area contributed by atoms with Gasteiger partial charge in [0.15, 0.2) is 0 Å². The molecule has 1 N–H and O–H groups in total. The number of benzene rings is 1. The highest BCUT2D eigenvalue weighted by Gasteiger charge is 2.28. The molecule has 10 heteroatoms. The third kappa shape index (κ3) is 4.48. The van der Waals surface area contributed by atoms with Gasteiger partial charge in [-0.25, -0.2) is 0 Å². The van der Waals surface area contributed by atoms with Gasteiger partial charge in [0.25, 0.3) is 17.5 Å². The summed E-state index contributed by atoms with van der Waals surface area (Å²) in [4.78, 5) is 45.9. The molecule has 0 atom stereocenters. The van der Waals surface area contributed by atoms with Crippen LogP contribution in [0.15, 0.2) is 42.7 Å². The highest BCUT2D eigenvalue weighted by atomic mass is 16.6. The highest BCUT2D eigenvalue weighted by Crippen LogP contribution is 2.30. The first-order valence-corrected chi connectivity index (χ1v) is 10.3. The van der Waals surface area contributed by atoms with Crippen LogP contribution in [0.2, 0.25) is 0 Å². The van der Waals surface area contributed by atoms with Gasteiger partial charge in [0, 0.05) is 76.4 Å². The number of hydrogen-bond acceptors (Lipinski definition) is 7. The van der Waals surface area contributed by atoms with E-state index in [1.807, 2.05) is 4.90 Å². The number of aromatic nitrogens is 1. The quantitative estimate of drug-likeness (QED) is 0.576. The minimum Gasteiger partial charge on any atom is -0.362 e. The van der Waals surface area contributed by atoms with Gasteiger partial charge in [-0.3, -0.25) is 24.7 Å². The van der Waals surface area contributed by atoms with E-state index in [1.54, 1.807) is 40.3 Å². The van der Waals surface area contributed by atoms with Crippen LogP contribution in [0.4, 0.5) is 11.4 Å². The van der Waals surface area contributed by atoms with Crippen LogP contribution in [0.3, 0.4) is 0 Å². The summed E-state index contributed by atoms with van der Waals surface area (Å²) in [5.41, 5.74) is 1.23. The number of nitrogens with zero attached hydrogens (tertiary/aromatic N) is 5. The minimum atomic E-state index is -0.447. The molecule has 2 saturated heterocycles. The van der Waals surface area contributed by atoms with Crippen molar-refractivity contribution in [2.75, 3.05) is 57.3 Å². The molecule has 3 heterocycles. The second-order valence-corrected chi connectivity index (χ2v) is 7.52. The molecule has 31 heavy (non-hydrogen) atoms. The maximum absolute atomic E-state index is 12.7. The van der Waals surface area contributed by atoms with E-state index in [4.69, 9.17) is 0 Å². The molecule has 0 aliphatic carbocycles. The number of pyridine rings is 1. The number of nitro benzene ring substituents is 1. The molecule has 2 aliphatic heterocycles. The Bertz CT molecular complexity index is 969. The van der Waals surface area contributed by atoms with E-state index < -0.39 is 4.92 Å². The van der Waals surface area contributed by atoms with E-state index in [2.05, 4.69) is 10.3 Å². The van der Waals surface area contributed by atoms with Crippen molar-refractivity contribution in [2.45, 2.75) is 0 Å². The van der Waals surface area contributed by atoms with E-state index in [0.717, 1.165) is 0 Å². The molecule has 2 fully saturated rings. The second-order valence-electron chi connectivity index (χ2n) is 7.52. The standard InChI is InChI=1S/C21H24N6O4/c28-20(25-8-6-22-7-9-25)16-3-4-18(19(14-16)27(30)31)24-10-12-26(13-11-24)21(29)17-2-1-5-23-15-17/h1-5,14-15,22H,6-13H2. The Kier molecular flexibility index (Phi) is 6.08. The van der Waals surface area contributed by atoms with Crippen LogP contribution in [0.25, 0.3) is 0 Å². The molecule has 162 valence electrons. The molecule has 0 unspecified atom stereocenters. The Hall–Kier alpha value is -3.53. The van der Waals surface area contributed by atoms with E-state index in [-0.39, 0.29) is 17.5 Å². The highest BCUT2D eigenvalue weighted by molar-refractivity contribution is 5.96. The molecule has 1 aromatic carbocycles. The van der Waals surface area contributed by atoms with Gasteiger partial charge < -0.3 is 20.0 Å². The smallest absolute Gasteiger partial charge is 0.293 e. The number of carbonyl (C=O) groups excluding carboxylic acids is 2. The van der Waals surface area contributed by atoms with Gasteiger partial charge in [-0.2, -0.15) is 0 Å². The van der Waals surface area contributed by atoms with E-state index in [0.29, 0.717) is 69.2 Å². The molecule has 2 aliphatic rings. The average molecular weight is 424 g/mol. The summed E-state index contributed by atoms with van der Waals surface area (Å²) in [6.07, 6.45) is 3.15. The van der Waals surface area contributed by atoms with Crippen LogP contribution in [0.5, 0.6) is 0 Å². The maximum atomic E-state index is 12.7. The van der Waals surface area contributed by atoms with Crippen molar-refractivity contribution in [3.05, 3.63) is 64.0 Å². The first-order chi connectivity index (χ1) is 15.0. The fourth-order valence-corrected chi connectivity index (χ4v) is 3.94. The summed E-state index contributed by atoms with van der Waals surface area (Å²) < 4.78 is 0. The number of rotatable bonds is 4. The molecule has 0 spiro atoms. The summed E-state index contributed by atoms with van der Waals surface area (Å²) in [6.45, 7) is 4.44. The molecule has 2 aromatic rings. The van der Waals surface area contributed by atoms with Crippen molar-refractivity contribution in [2.24, 2.45) is 0 Å². The van der Waals surface area contributed by atoms with Crippen molar-refractivity contribution < 1.29 is 14.5 Å². The fourth-order valence-electron chi connectivity index (χ4n) is 3.94. The van der Waals surface area contributed by atoms with Crippen LogP contribution in [-0.2, 0) is 0 Å². The van der Waals surface area contributed by atoms with Crippen LogP contribution in [0, 0.1) is 10.1 Å². The number of piperazine rings is 2. The SMILES string of the molecule is O=C(c1ccc(N2CCN(C(=O)c3cccnc3)CC2)c([N+](=O)[O-])c1)N1CCNCC1. The van der Waals surface area contributed by atoms with Gasteiger partial charge in [0.2, 0.25) is 0 Å². The lowest BCUT2D eigenvalue weighted by Crippen LogP contribution is -2.49. The van der Waals surface area contributed by atoms with Gasteiger partial charge in [0.05, 0.1) is 10.5 Å². The first-order valence-electron chi connectivity index (χ1n) is 10.3. The molecule has 1 aromatic heterocycles. The normalized spacial score (nSPS) is 16.8. The Morgan fingerprint density at radius 2 is 1.61 bits per heavy atom. The number of nitro groups is 1. The van der Waals surface area contributed by atoms with Crippen molar-refractivity contribution in [1.82, 2.24) is 20.1 Å². The molecule has 0 radical (unpaired) electrons. The zero-order chi connectivity index (χ0) is 21.8. The molecule has 4 rings (SSSR count). The number of amides is 2. The molecular formula is C21H24N6O4. The summed E-state index contributed by atoms with van der Waals surface area (Å²) >= 11 is 0. The van der Waals surface area contributed by atoms with Crippen LogP contribution >= 0.6 is 0 Å². The molecule has 2 amide bonds. The van der Waals surface area contributed by atoms with Crippen LogP contribution in [0.1, 0.15) is 20.7 Å². The van der Waals surface area contributed by atoms with Gasteiger partial charge in [-0.15, -0.1) is 0 Å². The van der Waals surface area contributed by atoms with Crippen LogP contribution in [-0.4, -0.2) is 83.9 Å². The van der Waals surface area contributed by atoms with Crippen molar-refractivity contribution in [3.8, 4) is 0 Å². The van der Waals surface area contributed by atoms with Crippen molar-refractivity contribution in [3.63, 3.8) is 0 Å². The largest absolute Gasteiger partial charge is 0.362 e. The lowest BCUT2D eigenvalue weighted by molar-refractivity contribution is -0.384. The molecule has 10 nitrogen and oxygen atoms in total. The van der Waals surface area contributed by atoms with Crippen molar-refractivity contribution in [1.29, 1.82) is 0 Å². The number of anilines is 1. The second kappa shape index (κ2) is 9.09. The first kappa shape index (κ1) is 20.7. The number of nitrogens with one attached hydrogen (secondary N) is 1. The monoisotopic (exact) mass is 424 g/mol. The summed E-state index contributed by atoms with van der Waals surface area (Å²) in [5.74, 6) is -0.290. The topological polar surface area (TPSA) is 112 Å². The predicted molar refractivity (Wildman–Crippen MR) is 114 cm³/mol. The molecule has 0 saturated carbocycles. The zero-order valence-corrected chi connectivity index (χ0v) is 17.1. The summed E-state index contributed by atoms with van der Waals surface area (Å²) in [5, 5.41) is 14.9. The third-order valence-electron chi connectivity index (χ3n) is 5.64. The summed E-state index contributed by atoms with van der Waals surface area (Å²) in [6, 6.07) is 8.11. The third-order valence-corrected chi connectivity index (χ3v) is 5.64. The number of carbonyl (C=O) groups is 2. The Labute approximate surface area is 179 Å². The van der Waals surface area contributed by atoms with E-state index >= 15 is 0 Å². The fraction of sp³-hybridized carbons (Fsp3) is 0.381. The summed E-state index contributed by atoms with van der Waals surface area (Å²) in [7, 11) is 0. The zero-order valence-electron chi connectivity index (χ0n) is 17.1. The van der Waals surface area contributed by atoms with Gasteiger partial charge >= 0.3 is 0 Å². The average Bonchev–Trinajstić information content (AvgIpc) is 2.84. The maximum Gasteiger partial charge on any atom is 0.293 e. The molecule has 0 bridgehead atoms. The Balaban J connectivity index is 1.47. The Morgan fingerprint density at radius 3 is 2.26 bits per heavy atom. The molecular weight excluding hydrogens is 400 g/mol. The number of hydrogen-bond donors (Lipinski definition) is 1. The predicted octanol–water partition coefficient (Wildman–Crippen LogP) is 0.998. The van der Waals surface area contributed by atoms with E-state index in [1.165, 1.54) is 12.3 Å². The Morgan fingerprint density at radius 1 is 0.935 bits per heavy atom. The van der Waals surface area contributed by atoms with Gasteiger partial charge in [-0.05, 0) is 24.3 Å². The van der Waals surface area contributed by atoms with Gasteiger partial charge in [-0.1, -0.05) is 0 Å². The minimum absolute atomic E-state index is 0.0898. The van der Waals surface area contributed by atoms with Crippen molar-refractivity contribution >= 4 is 23.2 Å². The van der Waals surface area contributed by atoms with E-state index in [9.17, 15) is 19.7 Å². The lowest BCUT2D eigenvalue weighted by Gasteiger charge is -2.36.